The van der Waals surface area contributed by atoms with Crippen molar-refractivity contribution in [1.82, 2.24) is 20.0 Å². The largest absolute Gasteiger partial charge is 0.360 e. The number of nitrogens with one attached hydrogen (secondary N) is 2. The number of amides is 2. The van der Waals surface area contributed by atoms with E-state index in [1.807, 2.05) is 4.90 Å². The summed E-state index contributed by atoms with van der Waals surface area (Å²) in [6.45, 7) is 3.34. The topological polar surface area (TPSA) is 113 Å². The van der Waals surface area contributed by atoms with Crippen molar-refractivity contribution < 1.29 is 14.1 Å². The minimum atomic E-state index is -0.286. The number of carbonyl (C=O) groups excluding carboxylic acids is 2. The Morgan fingerprint density at radius 2 is 2.21 bits per heavy atom. The highest BCUT2D eigenvalue weighted by molar-refractivity contribution is 7.15. The van der Waals surface area contributed by atoms with Crippen LogP contribution in [0.15, 0.2) is 35.0 Å². The van der Waals surface area contributed by atoms with E-state index in [9.17, 15) is 9.59 Å². The number of hydrogen-bond acceptors (Lipinski definition) is 8. The number of hydrogen-bond donors (Lipinski definition) is 2. The zero-order valence-corrected chi connectivity index (χ0v) is 16.0. The fourth-order valence-corrected chi connectivity index (χ4v) is 3.95. The first-order valence-corrected chi connectivity index (χ1v) is 9.55. The molecule has 4 heterocycles. The van der Waals surface area contributed by atoms with Gasteiger partial charge in [0, 0.05) is 36.7 Å². The first-order chi connectivity index (χ1) is 13.6. The summed E-state index contributed by atoms with van der Waals surface area (Å²) in [5.41, 5.74) is 1.31. The van der Waals surface area contributed by atoms with Gasteiger partial charge >= 0.3 is 0 Å². The molecule has 28 heavy (non-hydrogen) atoms. The van der Waals surface area contributed by atoms with Crippen LogP contribution in [0.2, 0.25) is 0 Å². The summed E-state index contributed by atoms with van der Waals surface area (Å²) >= 11 is 1.42. The monoisotopic (exact) mass is 398 g/mol. The minimum absolute atomic E-state index is 0.148. The summed E-state index contributed by atoms with van der Waals surface area (Å²) in [6.07, 6.45) is 2.30. The van der Waals surface area contributed by atoms with Crippen LogP contribution in [0, 0.1) is 6.92 Å². The maximum atomic E-state index is 12.2. The van der Waals surface area contributed by atoms with Crippen LogP contribution in [0.4, 0.5) is 10.9 Å². The van der Waals surface area contributed by atoms with Crippen molar-refractivity contribution in [3.05, 3.63) is 52.5 Å². The predicted molar refractivity (Wildman–Crippen MR) is 103 cm³/mol. The lowest BCUT2D eigenvalue weighted by molar-refractivity contribution is -0.117. The second kappa shape index (κ2) is 7.87. The van der Waals surface area contributed by atoms with Crippen molar-refractivity contribution in [2.24, 2.45) is 0 Å². The van der Waals surface area contributed by atoms with E-state index in [4.69, 9.17) is 4.52 Å². The molecule has 9 nitrogen and oxygen atoms in total. The Bertz CT molecular complexity index is 1000. The summed E-state index contributed by atoms with van der Waals surface area (Å²) in [7, 11) is 0. The third-order valence-corrected chi connectivity index (χ3v) is 5.19. The molecule has 0 saturated heterocycles. The normalized spacial score (nSPS) is 13.8. The predicted octanol–water partition coefficient (Wildman–Crippen LogP) is 2.08. The molecule has 0 spiro atoms. The van der Waals surface area contributed by atoms with Gasteiger partial charge in [0.15, 0.2) is 10.9 Å². The van der Waals surface area contributed by atoms with E-state index < -0.39 is 0 Å². The number of aryl methyl sites for hydroxylation is 1. The molecule has 10 heteroatoms. The molecule has 144 valence electrons. The van der Waals surface area contributed by atoms with Crippen LogP contribution in [0.25, 0.3) is 0 Å². The summed E-state index contributed by atoms with van der Waals surface area (Å²) in [5, 5.41) is 9.83. The quantitative estimate of drug-likeness (QED) is 0.676. The highest BCUT2D eigenvalue weighted by atomic mass is 32.1. The van der Waals surface area contributed by atoms with Crippen LogP contribution < -0.4 is 10.6 Å². The first kappa shape index (κ1) is 18.3. The second-order valence-corrected chi connectivity index (χ2v) is 7.47. The van der Waals surface area contributed by atoms with Gasteiger partial charge in [0.25, 0.3) is 5.91 Å². The number of aromatic nitrogens is 3. The molecular weight excluding hydrogens is 380 g/mol. The van der Waals surface area contributed by atoms with Gasteiger partial charge in [0.2, 0.25) is 5.91 Å². The Hall–Kier alpha value is -3.11. The number of nitrogens with zero attached hydrogens (tertiary/aromatic N) is 4. The summed E-state index contributed by atoms with van der Waals surface area (Å²) in [6, 6.07) is 6.84. The highest BCUT2D eigenvalue weighted by Gasteiger charge is 2.23. The first-order valence-electron chi connectivity index (χ1n) is 8.73. The van der Waals surface area contributed by atoms with Gasteiger partial charge < -0.3 is 9.84 Å². The Morgan fingerprint density at radius 1 is 1.32 bits per heavy atom. The maximum absolute atomic E-state index is 12.2. The van der Waals surface area contributed by atoms with Gasteiger partial charge in [-0.2, -0.15) is 0 Å². The fraction of sp³-hybridized carbons (Fsp3) is 0.278. The van der Waals surface area contributed by atoms with Crippen LogP contribution in [0.5, 0.6) is 0 Å². The van der Waals surface area contributed by atoms with Gasteiger partial charge in [0.1, 0.15) is 11.5 Å². The molecule has 2 N–H and O–H groups in total. The van der Waals surface area contributed by atoms with Crippen molar-refractivity contribution in [3.8, 4) is 0 Å². The molecule has 0 bridgehead atoms. The Morgan fingerprint density at radius 3 is 2.96 bits per heavy atom. The average Bonchev–Trinajstić information content (AvgIpc) is 3.27. The minimum Gasteiger partial charge on any atom is -0.360 e. The molecule has 2 amide bonds. The smallest absolute Gasteiger partial charge is 0.276 e. The summed E-state index contributed by atoms with van der Waals surface area (Å²) in [5.74, 6) is 0.621. The molecule has 0 fully saturated rings. The number of carbonyl (C=O) groups is 2. The molecule has 1 aliphatic rings. The van der Waals surface area contributed by atoms with Crippen LogP contribution in [-0.2, 0) is 17.8 Å². The van der Waals surface area contributed by atoms with E-state index in [0.29, 0.717) is 28.9 Å². The highest BCUT2D eigenvalue weighted by Crippen LogP contribution is 2.28. The lowest BCUT2D eigenvalue weighted by Crippen LogP contribution is -2.36. The zero-order valence-electron chi connectivity index (χ0n) is 15.1. The van der Waals surface area contributed by atoms with Crippen LogP contribution >= 0.6 is 11.3 Å². The number of pyridine rings is 1. The van der Waals surface area contributed by atoms with E-state index in [1.54, 1.807) is 37.4 Å². The van der Waals surface area contributed by atoms with Crippen molar-refractivity contribution in [2.75, 3.05) is 23.7 Å². The molecule has 3 aromatic rings. The number of rotatable bonds is 5. The standard InChI is InChI=1S/C18H18N6O3S/c1-11-8-15(23-27-11)21-16(25)10-24-7-5-12-14(9-24)28-18(20-12)22-17(26)13-4-2-3-6-19-13/h2-4,6,8H,5,7,9-10H2,1H3,(H,20,22,26)(H,21,23,25). The number of anilines is 2. The van der Waals surface area contributed by atoms with E-state index >= 15 is 0 Å². The maximum Gasteiger partial charge on any atom is 0.276 e. The van der Waals surface area contributed by atoms with Crippen LogP contribution in [0.1, 0.15) is 26.8 Å². The van der Waals surface area contributed by atoms with Gasteiger partial charge in [-0.25, -0.2) is 4.98 Å². The van der Waals surface area contributed by atoms with Gasteiger partial charge in [-0.15, -0.1) is 11.3 Å². The molecule has 1 aliphatic heterocycles. The number of thiazole rings is 1. The van der Waals surface area contributed by atoms with Gasteiger partial charge in [-0.3, -0.25) is 24.8 Å². The van der Waals surface area contributed by atoms with Crippen LogP contribution in [0.3, 0.4) is 0 Å². The average molecular weight is 398 g/mol. The lowest BCUT2D eigenvalue weighted by atomic mass is 10.2. The Balaban J connectivity index is 1.35. The summed E-state index contributed by atoms with van der Waals surface area (Å²) < 4.78 is 4.94. The molecule has 0 saturated carbocycles. The molecule has 0 radical (unpaired) electrons. The van der Waals surface area contributed by atoms with Crippen molar-refractivity contribution in [2.45, 2.75) is 19.9 Å². The second-order valence-electron chi connectivity index (χ2n) is 6.39. The molecule has 3 aromatic heterocycles. The summed E-state index contributed by atoms with van der Waals surface area (Å²) in [4.78, 5) is 36.1. The van der Waals surface area contributed by atoms with Crippen LogP contribution in [-0.4, -0.2) is 44.9 Å². The van der Waals surface area contributed by atoms with E-state index in [-0.39, 0.29) is 18.4 Å². The molecule has 0 aromatic carbocycles. The molecule has 0 unspecified atom stereocenters. The van der Waals surface area contributed by atoms with Gasteiger partial charge in [0.05, 0.1) is 12.2 Å². The van der Waals surface area contributed by atoms with Crippen molar-refractivity contribution in [1.29, 1.82) is 0 Å². The molecule has 0 atom stereocenters. The van der Waals surface area contributed by atoms with Gasteiger partial charge in [-0.1, -0.05) is 11.2 Å². The van der Waals surface area contributed by atoms with E-state index in [1.165, 1.54) is 11.3 Å². The van der Waals surface area contributed by atoms with E-state index in [2.05, 4.69) is 25.8 Å². The third kappa shape index (κ3) is 4.24. The van der Waals surface area contributed by atoms with Gasteiger partial charge in [-0.05, 0) is 19.1 Å². The molecular formula is C18H18N6O3S. The Labute approximate surface area is 164 Å². The van der Waals surface area contributed by atoms with Crippen molar-refractivity contribution in [3.63, 3.8) is 0 Å². The van der Waals surface area contributed by atoms with E-state index in [0.717, 1.165) is 23.5 Å². The number of fused-ring (bicyclic) bond motifs is 1. The van der Waals surface area contributed by atoms with Crippen molar-refractivity contribution >= 4 is 34.1 Å². The SMILES string of the molecule is Cc1cc(NC(=O)CN2CCc3nc(NC(=O)c4ccccn4)sc3C2)no1. The Kier molecular flexibility index (Phi) is 5.13. The lowest BCUT2D eigenvalue weighted by Gasteiger charge is -2.24. The molecule has 0 aliphatic carbocycles. The zero-order chi connectivity index (χ0) is 19.5. The fourth-order valence-electron chi connectivity index (χ4n) is 2.91. The third-order valence-electron chi connectivity index (χ3n) is 4.19. The molecule has 4 rings (SSSR count).